The zero-order valence-corrected chi connectivity index (χ0v) is 66.6. The van der Waals surface area contributed by atoms with Gasteiger partial charge in [-0.05, 0) is 165 Å². The van der Waals surface area contributed by atoms with Gasteiger partial charge in [-0.3, -0.25) is 57.5 Å². The molecule has 3 N–H and O–H groups in total. The molecule has 3 aliphatic heterocycles. The average Bonchev–Trinajstić information content (AvgIpc) is 1.26. The van der Waals surface area contributed by atoms with Gasteiger partial charge in [0.2, 0.25) is 70.9 Å². The number of hydrogen-bond acceptors (Lipinski definition) is 14. The van der Waals surface area contributed by atoms with Gasteiger partial charge >= 0.3 is 12.4 Å². The van der Waals surface area contributed by atoms with E-state index in [1.165, 1.54) is 78.8 Å². The van der Waals surface area contributed by atoms with E-state index in [9.17, 15) is 45.5 Å². The van der Waals surface area contributed by atoms with Crippen LogP contribution in [0.25, 0.3) is 0 Å². The number of ether oxygens (including phenoxy) is 2. The van der Waals surface area contributed by atoms with Crippen LogP contribution in [-0.4, -0.2) is 289 Å². The monoisotopic (exact) mass is 1560 g/mol. The Morgan fingerprint density at radius 1 is 0.636 bits per heavy atom. The summed E-state index contributed by atoms with van der Waals surface area (Å²) < 4.78 is 97.0. The van der Waals surface area contributed by atoms with E-state index >= 15 is 38.4 Å². The Labute approximate surface area is 644 Å². The number of alkyl halides is 6. The van der Waals surface area contributed by atoms with Gasteiger partial charge in [-0.25, -0.2) is 0 Å². The van der Waals surface area contributed by atoms with Crippen molar-refractivity contribution in [3.8, 4) is 0 Å². The molecule has 3 heterocycles. The maximum absolute atomic E-state index is 15.7. The zero-order valence-electron chi connectivity index (χ0n) is 66.6. The number of amides is 12. The van der Waals surface area contributed by atoms with Crippen LogP contribution in [0.1, 0.15) is 195 Å². The highest BCUT2D eigenvalue weighted by Crippen LogP contribution is 2.45. The van der Waals surface area contributed by atoms with Crippen LogP contribution in [0.2, 0.25) is 0 Å². The first-order valence-corrected chi connectivity index (χ1v) is 40.2. The van der Waals surface area contributed by atoms with Crippen LogP contribution in [0.15, 0.2) is 12.2 Å². The van der Waals surface area contributed by atoms with Gasteiger partial charge in [0, 0.05) is 89.1 Å². The van der Waals surface area contributed by atoms with E-state index in [2.05, 4.69) is 16.0 Å². The molecule has 0 radical (unpaired) electrons. The van der Waals surface area contributed by atoms with Crippen molar-refractivity contribution in [2.75, 3.05) is 95.8 Å². The largest absolute Gasteiger partial charge is 0.394 e. The van der Waals surface area contributed by atoms with Crippen LogP contribution in [0.5, 0.6) is 0 Å². The van der Waals surface area contributed by atoms with Gasteiger partial charge in [-0.2, -0.15) is 26.3 Å². The van der Waals surface area contributed by atoms with E-state index in [0.29, 0.717) is 57.8 Å². The molecule has 13 atom stereocenters. The predicted molar refractivity (Wildman–Crippen MR) is 394 cm³/mol. The number of nitrogens with zero attached hydrogens (tertiary/aromatic N) is 9. The summed E-state index contributed by atoms with van der Waals surface area (Å²) in [5.74, 6) is -14.3. The van der Waals surface area contributed by atoms with Crippen molar-refractivity contribution in [2.24, 2.45) is 41.4 Å². The zero-order chi connectivity index (χ0) is 81.0. The number of likely N-dealkylation sites (N-methyl/N-ethyl adjacent to an activating group) is 7. The van der Waals surface area contributed by atoms with Crippen LogP contribution in [0.4, 0.5) is 26.3 Å². The predicted octanol–water partition coefficient (Wildman–Crippen LogP) is 6.61. The normalized spacial score (nSPS) is 31.7. The summed E-state index contributed by atoms with van der Waals surface area (Å²) in [5, 5.41) is 8.74. The van der Waals surface area contributed by atoms with Crippen molar-refractivity contribution in [3.63, 3.8) is 0 Å². The topological polar surface area (TPSA) is 289 Å². The first-order chi connectivity index (χ1) is 51.9. The molecule has 0 aromatic heterocycles. The minimum atomic E-state index is -4.56. The first-order valence-electron chi connectivity index (χ1n) is 40.2. The van der Waals surface area contributed by atoms with Gasteiger partial charge in [-0.1, -0.05) is 58.6 Å². The van der Waals surface area contributed by atoms with Crippen LogP contribution in [0, 0.1) is 41.4 Å². The standard InChI is InChI=1S/C78H122F6N12O14/c1-13-38-88(5)70(103)58-43-62(98)93(10)65(50-25-21-26-50)68(101)86-64(47(4)14-2)73(106)90(7)46-63(99)91(8)56-27-17-16-20-39-95(72(56)105)59(40-48-28-32-52(33-29-48)77(79,80)81)71(104)89(6)45-61(97)85-55(35-31-49-30-34-54(78(82,83)84)60(41-49)109-12)69(102)96-44-53(110-15-3)42-57(96)67(100)87-76(36-22-37-76)75(108)94(11)66(74(107)92(58)9)51-23-18-19-24-51/h16-17,47-60,64-66H,13-15,18-46H2,1-12H3,(H,85,97)(H,86,101)(H,87,100)/b17-16-/t47-,48?,49?,52?,53+,54?,55-,56-,57-,58-,59-,60?,64-,65-,66-/m0/s1. The lowest BCUT2D eigenvalue weighted by Gasteiger charge is -2.47. The summed E-state index contributed by atoms with van der Waals surface area (Å²) in [7, 11) is 11.1. The highest BCUT2D eigenvalue weighted by atomic mass is 19.4. The lowest BCUT2D eigenvalue weighted by atomic mass is 9.74. The second-order valence-corrected chi connectivity index (χ2v) is 32.8. The summed E-state index contributed by atoms with van der Waals surface area (Å²) in [5.41, 5.74) is -1.63. The number of halogens is 6. The highest BCUT2D eigenvalue weighted by molar-refractivity contribution is 6.01. The van der Waals surface area contributed by atoms with Crippen molar-refractivity contribution in [3.05, 3.63) is 12.2 Å². The van der Waals surface area contributed by atoms with Crippen molar-refractivity contribution in [1.29, 1.82) is 0 Å². The number of methoxy groups -OCH3 is 1. The number of carbonyl (C=O) groups is 12. The average molecular weight is 1570 g/mol. The van der Waals surface area contributed by atoms with Gasteiger partial charge in [0.1, 0.15) is 53.9 Å². The molecular weight excluding hydrogens is 1440 g/mol. The van der Waals surface area contributed by atoms with Crippen molar-refractivity contribution >= 4 is 70.9 Å². The van der Waals surface area contributed by atoms with Crippen LogP contribution in [-0.2, 0) is 67.0 Å². The Bertz CT molecular complexity index is 3290. The molecule has 26 nitrogen and oxygen atoms in total. The Hall–Kier alpha value is -7.12. The second kappa shape index (κ2) is 38.6. The smallest absolute Gasteiger partial charge is 0.381 e. The fourth-order valence-corrected chi connectivity index (χ4v) is 18.2. The number of hydrogen-bond donors (Lipinski definition) is 3. The van der Waals surface area contributed by atoms with Crippen LogP contribution < -0.4 is 16.0 Å². The Balaban J connectivity index is 1.21. The molecule has 5 aliphatic carbocycles. The molecule has 2 bridgehead atoms. The maximum atomic E-state index is 15.7. The Morgan fingerprint density at radius 3 is 1.85 bits per heavy atom. The van der Waals surface area contributed by atoms with E-state index in [0.717, 1.165) is 21.1 Å². The quantitative estimate of drug-likeness (QED) is 0.115. The third-order valence-electron chi connectivity index (χ3n) is 25.6. The molecule has 0 aromatic carbocycles. The number of nitrogens with one attached hydrogen (secondary N) is 3. The third-order valence-corrected chi connectivity index (χ3v) is 25.6. The van der Waals surface area contributed by atoms with Gasteiger partial charge < -0.3 is 69.5 Å². The summed E-state index contributed by atoms with van der Waals surface area (Å²) in [4.78, 5) is 194. The molecule has 5 saturated carbocycles. The molecule has 12 amide bonds. The molecule has 2 saturated heterocycles. The van der Waals surface area contributed by atoms with E-state index in [1.807, 2.05) is 13.8 Å². The molecule has 8 aliphatic rings. The lowest BCUT2D eigenvalue weighted by Crippen LogP contribution is -2.68. The SMILES string of the molecule is CCCN(C)C(=O)[C@@H]1CC(=O)N(C)[C@@H](C2CCC2)C(=O)N[C@@H]([C@@H](C)CC)C(=O)N(C)CC(=O)N(C)[C@H]2C/C=C\CCN(C2=O)[C@@H](CC2CCC(C(F)(F)F)CC2)C(=O)N(C)CC(=O)N[C@@H](CCC2CCC(C(F)(F)F)C(OC)C2)C(=O)N2C[C@H](OCC)C[C@H]2C(=O)NC2(CCC2)C(=O)N(C)[C@@H](C2CCCC2)C(=O)N1C. The summed E-state index contributed by atoms with van der Waals surface area (Å²) in [6.45, 7) is 5.84. The molecule has 32 heteroatoms. The number of rotatable bonds is 15. The van der Waals surface area contributed by atoms with E-state index in [1.54, 1.807) is 33.0 Å². The van der Waals surface area contributed by atoms with E-state index in [-0.39, 0.29) is 128 Å². The molecule has 110 heavy (non-hydrogen) atoms. The molecule has 0 aromatic rings. The summed E-state index contributed by atoms with van der Waals surface area (Å²) >= 11 is 0. The molecule has 1 spiro atoms. The third kappa shape index (κ3) is 21.0. The van der Waals surface area contributed by atoms with Crippen LogP contribution in [0.3, 0.4) is 0 Å². The molecule has 620 valence electrons. The minimum absolute atomic E-state index is 0.0384. The van der Waals surface area contributed by atoms with Crippen LogP contribution >= 0.6 is 0 Å². The summed E-state index contributed by atoms with van der Waals surface area (Å²) in [6.07, 6.45) is -3.18. The van der Waals surface area contributed by atoms with E-state index in [4.69, 9.17) is 9.47 Å². The van der Waals surface area contributed by atoms with Gasteiger partial charge in [0.05, 0.1) is 43.6 Å². The fraction of sp³-hybridized carbons (Fsp3) is 0.821. The van der Waals surface area contributed by atoms with Crippen molar-refractivity contribution in [2.45, 2.75) is 273 Å². The number of carbonyl (C=O) groups excluding carboxylic acids is 12. The maximum Gasteiger partial charge on any atom is 0.394 e. The number of fused-ring (bicyclic) bond motifs is 3. The highest BCUT2D eigenvalue weighted by Gasteiger charge is 2.55. The molecular formula is C78H122F6N12O14. The van der Waals surface area contributed by atoms with Crippen molar-refractivity contribution < 1.29 is 93.4 Å². The lowest BCUT2D eigenvalue weighted by molar-refractivity contribution is -0.215. The Morgan fingerprint density at radius 2 is 1.27 bits per heavy atom. The van der Waals surface area contributed by atoms with Gasteiger partial charge in [-0.15, -0.1) is 0 Å². The minimum Gasteiger partial charge on any atom is -0.381 e. The summed E-state index contributed by atoms with van der Waals surface area (Å²) in [6, 6.07) is -10.7. The Kier molecular flexibility index (Phi) is 31.0. The van der Waals surface area contributed by atoms with Gasteiger partial charge in [0.15, 0.2) is 0 Å². The molecule has 8 rings (SSSR count). The first kappa shape index (κ1) is 88.4. The second-order valence-electron chi connectivity index (χ2n) is 32.8. The molecule has 3 unspecified atom stereocenters. The van der Waals surface area contributed by atoms with E-state index < -0.39 is 204 Å². The molecule has 7 fully saturated rings. The van der Waals surface area contributed by atoms with Crippen molar-refractivity contribution in [1.82, 2.24) is 60.0 Å². The van der Waals surface area contributed by atoms with Gasteiger partial charge in [0.25, 0.3) is 0 Å². The fourth-order valence-electron chi connectivity index (χ4n) is 18.2.